The van der Waals surface area contributed by atoms with Crippen molar-refractivity contribution in [1.29, 1.82) is 0 Å². The summed E-state index contributed by atoms with van der Waals surface area (Å²) in [6.45, 7) is 0. The van der Waals surface area contributed by atoms with Gasteiger partial charge in [-0.1, -0.05) is 6.07 Å². The van der Waals surface area contributed by atoms with Gasteiger partial charge >= 0.3 is 0 Å². The van der Waals surface area contributed by atoms with Crippen molar-refractivity contribution in [1.82, 2.24) is 9.55 Å². The Hall–Kier alpha value is -3.03. The van der Waals surface area contributed by atoms with Crippen LogP contribution in [0.1, 0.15) is 12.5 Å². The molecule has 1 atom stereocenters. The van der Waals surface area contributed by atoms with Crippen LogP contribution < -0.4 is 4.90 Å². The summed E-state index contributed by atoms with van der Waals surface area (Å²) in [5.74, 6) is -0.808. The fourth-order valence-electron chi connectivity index (χ4n) is 2.32. The molecule has 0 aliphatic carbocycles. The summed E-state index contributed by atoms with van der Waals surface area (Å²) in [6.07, 6.45) is 4.60. The minimum atomic E-state index is -0.653. The highest BCUT2D eigenvalue weighted by atomic mass is 16.6. The van der Waals surface area contributed by atoms with Gasteiger partial charge in [0, 0.05) is 24.5 Å². The van der Waals surface area contributed by atoms with E-state index >= 15 is 0 Å². The number of hydrogen-bond acceptors (Lipinski definition) is 5. The van der Waals surface area contributed by atoms with Gasteiger partial charge in [-0.15, -0.1) is 0 Å². The number of anilines is 1. The standard InChI is InChI=1S/C13H10N4O4/c18-12-7-11(15-5-4-14-8-15)13(19)16(12)9-2-1-3-10(6-9)17(20)21/h1-6,8,11H,7H2. The normalized spacial score (nSPS) is 18.3. The molecule has 21 heavy (non-hydrogen) atoms. The fourth-order valence-corrected chi connectivity index (χ4v) is 2.32. The number of non-ortho nitro benzene ring substituents is 1. The maximum absolute atomic E-state index is 12.4. The van der Waals surface area contributed by atoms with Crippen LogP contribution in [0.4, 0.5) is 11.4 Å². The van der Waals surface area contributed by atoms with Gasteiger partial charge in [-0.25, -0.2) is 9.88 Å². The number of nitrogens with zero attached hydrogens (tertiary/aromatic N) is 4. The molecule has 2 aromatic rings. The maximum atomic E-state index is 12.4. The van der Waals surface area contributed by atoms with Crippen LogP contribution in [0, 0.1) is 10.1 Å². The molecule has 1 unspecified atom stereocenters. The lowest BCUT2D eigenvalue weighted by molar-refractivity contribution is -0.384. The molecule has 0 saturated carbocycles. The van der Waals surface area contributed by atoms with E-state index < -0.39 is 16.9 Å². The van der Waals surface area contributed by atoms with Gasteiger partial charge in [0.2, 0.25) is 5.91 Å². The molecule has 3 rings (SSSR count). The van der Waals surface area contributed by atoms with Crippen molar-refractivity contribution in [3.05, 3.63) is 53.1 Å². The molecule has 0 spiro atoms. The Morgan fingerprint density at radius 2 is 2.14 bits per heavy atom. The number of nitro benzene ring substituents is 1. The smallest absolute Gasteiger partial charge is 0.271 e. The minimum Gasteiger partial charge on any atom is -0.324 e. The van der Waals surface area contributed by atoms with Crippen molar-refractivity contribution in [3.63, 3.8) is 0 Å². The first-order valence-corrected chi connectivity index (χ1v) is 6.16. The molecular weight excluding hydrogens is 276 g/mol. The first-order valence-electron chi connectivity index (χ1n) is 6.16. The second-order valence-electron chi connectivity index (χ2n) is 4.57. The molecule has 106 valence electrons. The fraction of sp³-hybridized carbons (Fsp3) is 0.154. The number of imidazole rings is 1. The molecule has 0 radical (unpaired) electrons. The Labute approximate surface area is 118 Å². The average Bonchev–Trinajstić information content (AvgIpc) is 3.07. The quantitative estimate of drug-likeness (QED) is 0.481. The summed E-state index contributed by atoms with van der Waals surface area (Å²) in [4.78, 5) is 39.5. The second kappa shape index (κ2) is 4.82. The summed E-state index contributed by atoms with van der Waals surface area (Å²) < 4.78 is 1.55. The summed E-state index contributed by atoms with van der Waals surface area (Å²) in [5, 5.41) is 10.8. The number of imide groups is 1. The van der Waals surface area contributed by atoms with Gasteiger partial charge in [0.15, 0.2) is 0 Å². The number of benzene rings is 1. The van der Waals surface area contributed by atoms with Crippen molar-refractivity contribution in [2.24, 2.45) is 0 Å². The van der Waals surface area contributed by atoms with Gasteiger partial charge in [-0.3, -0.25) is 19.7 Å². The lowest BCUT2D eigenvalue weighted by Gasteiger charge is -2.15. The Balaban J connectivity index is 1.96. The maximum Gasteiger partial charge on any atom is 0.271 e. The number of hydrogen-bond donors (Lipinski definition) is 0. The molecular formula is C13H10N4O4. The number of nitro groups is 1. The predicted molar refractivity (Wildman–Crippen MR) is 71.5 cm³/mol. The summed E-state index contributed by atoms with van der Waals surface area (Å²) in [6, 6.07) is 4.81. The van der Waals surface area contributed by atoms with Crippen LogP contribution in [-0.4, -0.2) is 26.3 Å². The minimum absolute atomic E-state index is 0.0118. The number of aromatic nitrogens is 2. The predicted octanol–water partition coefficient (Wildman–Crippen LogP) is 1.30. The molecule has 1 fully saturated rings. The SMILES string of the molecule is O=C1CC(n2ccnc2)C(=O)N1c1cccc([N+](=O)[O-])c1. The molecule has 2 amide bonds. The van der Waals surface area contributed by atoms with Gasteiger partial charge in [-0.2, -0.15) is 0 Å². The number of carbonyl (C=O) groups excluding carboxylic acids is 2. The zero-order valence-corrected chi connectivity index (χ0v) is 10.7. The van der Waals surface area contributed by atoms with Gasteiger partial charge in [0.05, 0.1) is 23.4 Å². The van der Waals surface area contributed by atoms with Crippen LogP contribution in [0.3, 0.4) is 0 Å². The van der Waals surface area contributed by atoms with E-state index in [2.05, 4.69) is 4.98 Å². The monoisotopic (exact) mass is 286 g/mol. The van der Waals surface area contributed by atoms with E-state index in [0.717, 1.165) is 4.90 Å². The van der Waals surface area contributed by atoms with Gasteiger partial charge in [-0.05, 0) is 6.07 Å². The molecule has 1 saturated heterocycles. The third-order valence-corrected chi connectivity index (χ3v) is 3.31. The van der Waals surface area contributed by atoms with Crippen molar-refractivity contribution in [2.45, 2.75) is 12.5 Å². The van der Waals surface area contributed by atoms with Gasteiger partial charge in [0.1, 0.15) is 6.04 Å². The van der Waals surface area contributed by atoms with Crippen molar-refractivity contribution in [2.75, 3.05) is 4.90 Å². The first-order chi connectivity index (χ1) is 10.1. The highest BCUT2D eigenvalue weighted by Gasteiger charge is 2.40. The Morgan fingerprint density at radius 1 is 1.33 bits per heavy atom. The molecule has 1 aliphatic heterocycles. The van der Waals surface area contributed by atoms with Crippen molar-refractivity contribution in [3.8, 4) is 0 Å². The Bertz CT molecular complexity index is 726. The third-order valence-electron chi connectivity index (χ3n) is 3.31. The molecule has 0 N–H and O–H groups in total. The number of amides is 2. The van der Waals surface area contributed by atoms with Crippen molar-refractivity contribution < 1.29 is 14.5 Å². The van der Waals surface area contributed by atoms with Gasteiger partial charge < -0.3 is 4.57 Å². The molecule has 8 heteroatoms. The van der Waals surface area contributed by atoms with E-state index in [0.29, 0.717) is 0 Å². The van der Waals surface area contributed by atoms with Crippen LogP contribution in [-0.2, 0) is 9.59 Å². The van der Waals surface area contributed by atoms with Crippen LogP contribution in [0.15, 0.2) is 43.0 Å². The molecule has 2 heterocycles. The third kappa shape index (κ3) is 2.16. The Kier molecular flexibility index (Phi) is 2.98. The number of carbonyl (C=O) groups is 2. The average molecular weight is 286 g/mol. The first kappa shape index (κ1) is 13.0. The zero-order chi connectivity index (χ0) is 15.0. The van der Waals surface area contributed by atoms with E-state index in [1.165, 1.54) is 36.8 Å². The zero-order valence-electron chi connectivity index (χ0n) is 10.7. The molecule has 1 aliphatic rings. The van der Waals surface area contributed by atoms with Crippen LogP contribution >= 0.6 is 0 Å². The summed E-state index contributed by atoms with van der Waals surface area (Å²) in [7, 11) is 0. The number of rotatable bonds is 3. The topological polar surface area (TPSA) is 98.3 Å². The largest absolute Gasteiger partial charge is 0.324 e. The summed E-state index contributed by atoms with van der Waals surface area (Å²) in [5.41, 5.74) is 0.0426. The summed E-state index contributed by atoms with van der Waals surface area (Å²) >= 11 is 0. The second-order valence-corrected chi connectivity index (χ2v) is 4.57. The molecule has 0 bridgehead atoms. The molecule has 1 aromatic carbocycles. The highest BCUT2D eigenvalue weighted by Crippen LogP contribution is 2.31. The molecule has 8 nitrogen and oxygen atoms in total. The van der Waals surface area contributed by atoms with Crippen LogP contribution in [0.5, 0.6) is 0 Å². The molecule has 1 aromatic heterocycles. The van der Waals surface area contributed by atoms with E-state index in [4.69, 9.17) is 0 Å². The highest BCUT2D eigenvalue weighted by molar-refractivity contribution is 6.21. The lowest BCUT2D eigenvalue weighted by Crippen LogP contribution is -2.30. The van der Waals surface area contributed by atoms with E-state index in [1.807, 2.05) is 0 Å². The van der Waals surface area contributed by atoms with Gasteiger partial charge in [0.25, 0.3) is 11.6 Å². The van der Waals surface area contributed by atoms with Crippen LogP contribution in [0.2, 0.25) is 0 Å². The van der Waals surface area contributed by atoms with E-state index in [1.54, 1.807) is 10.8 Å². The Morgan fingerprint density at radius 3 is 2.81 bits per heavy atom. The van der Waals surface area contributed by atoms with E-state index in [9.17, 15) is 19.7 Å². The lowest BCUT2D eigenvalue weighted by atomic mass is 10.2. The van der Waals surface area contributed by atoms with E-state index in [-0.39, 0.29) is 23.7 Å². The van der Waals surface area contributed by atoms with Crippen molar-refractivity contribution >= 4 is 23.2 Å². The van der Waals surface area contributed by atoms with Crippen LogP contribution in [0.25, 0.3) is 0 Å².